The number of aryl methyl sites for hydroxylation is 1. The predicted molar refractivity (Wildman–Crippen MR) is 194 cm³/mol. The van der Waals surface area contributed by atoms with Gasteiger partial charge in [-0.2, -0.15) is 0 Å². The lowest BCUT2D eigenvalue weighted by atomic mass is 10.1. The molecule has 8 nitrogen and oxygen atoms in total. The lowest BCUT2D eigenvalue weighted by Gasteiger charge is -2.19. The lowest BCUT2D eigenvalue weighted by molar-refractivity contribution is -0.00136. The maximum Gasteiger partial charge on any atom is 0.255 e. The van der Waals surface area contributed by atoms with Crippen LogP contribution in [0.2, 0.25) is 0 Å². The number of fused-ring (bicyclic) bond motifs is 1. The highest BCUT2D eigenvalue weighted by Gasteiger charge is 2.16. The van der Waals surface area contributed by atoms with E-state index in [-0.39, 0.29) is 23.0 Å². The zero-order valence-corrected chi connectivity index (χ0v) is 29.0. The van der Waals surface area contributed by atoms with E-state index in [1.165, 1.54) is 0 Å². The fourth-order valence-electron chi connectivity index (χ4n) is 5.34. The van der Waals surface area contributed by atoms with E-state index in [0.29, 0.717) is 29.9 Å². The third-order valence-electron chi connectivity index (χ3n) is 7.77. The van der Waals surface area contributed by atoms with Gasteiger partial charge in [0.05, 0.1) is 35.4 Å². The normalized spacial score (nSPS) is 11.9. The molecule has 4 aromatic carbocycles. The van der Waals surface area contributed by atoms with E-state index < -0.39 is 0 Å². The van der Waals surface area contributed by atoms with Crippen molar-refractivity contribution in [3.63, 3.8) is 0 Å². The first-order valence-corrected chi connectivity index (χ1v) is 16.4. The first-order chi connectivity index (χ1) is 22.7. The van der Waals surface area contributed by atoms with Crippen LogP contribution in [-0.2, 0) is 29.4 Å². The smallest absolute Gasteiger partial charge is 0.255 e. The van der Waals surface area contributed by atoms with Crippen molar-refractivity contribution >= 4 is 34.2 Å². The monoisotopic (exact) mass is 646 g/mol. The third kappa shape index (κ3) is 9.40. The highest BCUT2D eigenvalue weighted by molar-refractivity contribution is 6.06. The van der Waals surface area contributed by atoms with Crippen LogP contribution in [-0.4, -0.2) is 45.8 Å². The second kappa shape index (κ2) is 14.5. The summed E-state index contributed by atoms with van der Waals surface area (Å²) in [6.07, 6.45) is 1.53. The van der Waals surface area contributed by atoms with E-state index in [2.05, 4.69) is 10.6 Å². The van der Waals surface area contributed by atoms with Crippen molar-refractivity contribution in [3.8, 4) is 11.4 Å². The molecule has 1 heterocycles. The van der Waals surface area contributed by atoms with Crippen LogP contribution in [0.4, 0.5) is 11.4 Å². The highest BCUT2D eigenvalue weighted by atomic mass is 16.5. The van der Waals surface area contributed by atoms with Crippen LogP contribution < -0.4 is 10.6 Å². The Labute approximate surface area is 283 Å². The number of hydrogen-bond donors (Lipinski definition) is 2. The Hall–Kier alpha value is -4.79. The van der Waals surface area contributed by atoms with E-state index >= 15 is 0 Å². The molecule has 5 aromatic rings. The average Bonchev–Trinajstić information content (AvgIpc) is 3.35. The fraction of sp³-hybridized carbons (Fsp3) is 0.325. The number of rotatable bonds is 11. The summed E-state index contributed by atoms with van der Waals surface area (Å²) < 4.78 is 13.7. The van der Waals surface area contributed by atoms with E-state index in [0.717, 1.165) is 52.2 Å². The molecule has 0 saturated heterocycles. The number of carbonyl (C=O) groups is 2. The number of amides is 2. The molecule has 250 valence electrons. The van der Waals surface area contributed by atoms with Crippen molar-refractivity contribution in [2.75, 3.05) is 23.8 Å². The zero-order valence-electron chi connectivity index (χ0n) is 29.0. The summed E-state index contributed by atoms with van der Waals surface area (Å²) in [5, 5.41) is 6.02. The second-order valence-corrected chi connectivity index (χ2v) is 14.0. The van der Waals surface area contributed by atoms with Crippen molar-refractivity contribution in [2.45, 2.75) is 65.6 Å². The molecule has 0 saturated carbocycles. The summed E-state index contributed by atoms with van der Waals surface area (Å²) in [7, 11) is 1.94. The minimum absolute atomic E-state index is 0.185. The molecule has 0 atom stereocenters. The molecule has 0 fully saturated rings. The molecule has 0 aliphatic rings. The summed E-state index contributed by atoms with van der Waals surface area (Å²) in [4.78, 5) is 31.1. The first kappa shape index (κ1) is 34.5. The molecule has 2 amide bonds. The Morgan fingerprint density at radius 3 is 1.69 bits per heavy atom. The SMILES string of the molecule is Cn1c(-c2ccc(C(=O)Nc3cccc(CCOC(C)(C)C)c3)cc2)nc2cc(C(=O)Nc3cccc(CCOC(C)(C)C)c3)ccc21. The van der Waals surface area contributed by atoms with E-state index in [4.69, 9.17) is 14.5 Å². The number of aromatic nitrogens is 2. The molecule has 1 aromatic heterocycles. The van der Waals surface area contributed by atoms with Crippen LogP contribution in [0.3, 0.4) is 0 Å². The van der Waals surface area contributed by atoms with Gasteiger partial charge in [0.1, 0.15) is 5.82 Å². The standard InChI is InChI=1S/C40H46N4O4/c1-39(2,3)47-22-20-27-10-8-12-32(24-27)41-37(45)30-16-14-29(15-17-30)36-43-34-26-31(18-19-35(34)44(36)7)38(46)42-33-13-9-11-28(25-33)21-23-48-40(4,5)6/h8-19,24-26H,20-23H2,1-7H3,(H,41,45)(H,42,46). The van der Waals surface area contributed by atoms with Gasteiger partial charge in [-0.25, -0.2) is 4.98 Å². The Morgan fingerprint density at radius 1 is 0.667 bits per heavy atom. The van der Waals surface area contributed by atoms with Crippen molar-refractivity contribution in [2.24, 2.45) is 7.05 Å². The van der Waals surface area contributed by atoms with Gasteiger partial charge < -0.3 is 24.7 Å². The maximum absolute atomic E-state index is 13.2. The highest BCUT2D eigenvalue weighted by Crippen LogP contribution is 2.26. The van der Waals surface area contributed by atoms with E-state index in [1.807, 2.05) is 126 Å². The Kier molecular flexibility index (Phi) is 10.5. The van der Waals surface area contributed by atoms with Crippen molar-refractivity contribution in [1.82, 2.24) is 9.55 Å². The van der Waals surface area contributed by atoms with Crippen LogP contribution in [0, 0.1) is 0 Å². The van der Waals surface area contributed by atoms with Gasteiger partial charge in [0.15, 0.2) is 0 Å². The van der Waals surface area contributed by atoms with Gasteiger partial charge in [-0.3, -0.25) is 9.59 Å². The second-order valence-electron chi connectivity index (χ2n) is 14.0. The minimum Gasteiger partial charge on any atom is -0.376 e. The quantitative estimate of drug-likeness (QED) is 0.150. The molecule has 0 aliphatic carbocycles. The van der Waals surface area contributed by atoms with Crippen molar-refractivity contribution < 1.29 is 19.1 Å². The molecular weight excluding hydrogens is 600 g/mol. The summed E-state index contributed by atoms with van der Waals surface area (Å²) in [5.41, 5.74) is 6.84. The number of hydrogen-bond acceptors (Lipinski definition) is 5. The molecule has 0 bridgehead atoms. The van der Waals surface area contributed by atoms with Crippen LogP contribution >= 0.6 is 0 Å². The third-order valence-corrected chi connectivity index (χ3v) is 7.77. The molecule has 48 heavy (non-hydrogen) atoms. The Bertz CT molecular complexity index is 1900. The number of nitrogens with one attached hydrogen (secondary N) is 2. The van der Waals surface area contributed by atoms with E-state index in [9.17, 15) is 9.59 Å². The minimum atomic E-state index is -0.202. The number of nitrogens with zero attached hydrogens (tertiary/aromatic N) is 2. The topological polar surface area (TPSA) is 94.5 Å². The van der Waals surface area contributed by atoms with Crippen LogP contribution in [0.25, 0.3) is 22.4 Å². The molecule has 0 unspecified atom stereocenters. The fourth-order valence-corrected chi connectivity index (χ4v) is 5.34. The summed E-state index contributed by atoms with van der Waals surface area (Å²) in [5.74, 6) is 0.352. The molecule has 0 spiro atoms. The lowest BCUT2D eigenvalue weighted by Crippen LogP contribution is -2.20. The van der Waals surface area contributed by atoms with Crippen molar-refractivity contribution in [3.05, 3.63) is 113 Å². The summed E-state index contributed by atoms with van der Waals surface area (Å²) in [6, 6.07) is 28.6. The molecule has 2 N–H and O–H groups in total. The number of anilines is 2. The number of imidazole rings is 1. The van der Waals surface area contributed by atoms with Gasteiger partial charge in [0, 0.05) is 35.1 Å². The predicted octanol–water partition coefficient (Wildman–Crippen LogP) is 8.46. The molecular formula is C40H46N4O4. The van der Waals surface area contributed by atoms with Crippen molar-refractivity contribution in [1.29, 1.82) is 0 Å². The Morgan fingerprint density at radius 2 is 1.17 bits per heavy atom. The Balaban J connectivity index is 1.23. The van der Waals surface area contributed by atoms with Gasteiger partial charge in [0.25, 0.3) is 11.8 Å². The molecule has 0 aliphatic heterocycles. The summed E-state index contributed by atoms with van der Waals surface area (Å²) >= 11 is 0. The molecule has 0 radical (unpaired) electrons. The van der Waals surface area contributed by atoms with Gasteiger partial charge in [-0.05, 0) is 120 Å². The van der Waals surface area contributed by atoms with Gasteiger partial charge in [-0.1, -0.05) is 36.4 Å². The van der Waals surface area contributed by atoms with Gasteiger partial charge >= 0.3 is 0 Å². The zero-order chi connectivity index (χ0) is 34.5. The van der Waals surface area contributed by atoms with Crippen LogP contribution in [0.15, 0.2) is 91.0 Å². The summed E-state index contributed by atoms with van der Waals surface area (Å²) in [6.45, 7) is 13.4. The van der Waals surface area contributed by atoms with Crippen LogP contribution in [0.1, 0.15) is 73.4 Å². The average molecular weight is 647 g/mol. The first-order valence-electron chi connectivity index (χ1n) is 16.4. The largest absolute Gasteiger partial charge is 0.376 e. The van der Waals surface area contributed by atoms with Gasteiger partial charge in [-0.15, -0.1) is 0 Å². The number of ether oxygens (including phenoxy) is 2. The maximum atomic E-state index is 13.2. The van der Waals surface area contributed by atoms with Crippen LogP contribution in [0.5, 0.6) is 0 Å². The molecule has 5 rings (SSSR count). The number of carbonyl (C=O) groups excluding carboxylic acids is 2. The van der Waals surface area contributed by atoms with Gasteiger partial charge in [0.2, 0.25) is 0 Å². The number of benzene rings is 4. The molecule has 8 heteroatoms. The van der Waals surface area contributed by atoms with E-state index in [1.54, 1.807) is 18.2 Å².